The molecule has 1 aromatic rings. The number of nitro groups is 1. The van der Waals surface area contributed by atoms with Gasteiger partial charge in [0.2, 0.25) is 5.75 Å². The first-order valence-electron chi connectivity index (χ1n) is 4.07. The molecule has 1 rings (SSSR count). The summed E-state index contributed by atoms with van der Waals surface area (Å²) in [5, 5.41) is 10.9. The first kappa shape index (κ1) is 12.8. The molecule has 88 valence electrons. The molecule has 0 spiro atoms. The molecule has 0 amide bonds. The van der Waals surface area contributed by atoms with Crippen LogP contribution in [0.15, 0.2) is 6.07 Å². The van der Waals surface area contributed by atoms with Crippen LogP contribution < -0.4 is 4.74 Å². The maximum Gasteiger partial charge on any atom is 0.338 e. The van der Waals surface area contributed by atoms with Gasteiger partial charge in [-0.2, -0.15) is 0 Å². The zero-order valence-electron chi connectivity index (χ0n) is 8.11. The molecule has 0 saturated carbocycles. The summed E-state index contributed by atoms with van der Waals surface area (Å²) in [5.41, 5.74) is -1.42. The van der Waals surface area contributed by atoms with E-state index in [1.165, 1.54) is 13.2 Å². The van der Waals surface area contributed by atoms with Gasteiger partial charge in [0, 0.05) is 11.4 Å². The van der Waals surface area contributed by atoms with Crippen molar-refractivity contribution in [3.05, 3.63) is 27.6 Å². The quantitative estimate of drug-likeness (QED) is 0.487. The van der Waals surface area contributed by atoms with Gasteiger partial charge in [0.25, 0.3) is 6.43 Å². The largest absolute Gasteiger partial charge is 0.490 e. The monoisotopic (exact) mass is 296 g/mol. The molecular formula is C8H7BrF2N2O3. The van der Waals surface area contributed by atoms with Crippen LogP contribution >= 0.6 is 15.9 Å². The zero-order valence-corrected chi connectivity index (χ0v) is 9.70. The third-order valence-corrected chi connectivity index (χ3v) is 2.36. The van der Waals surface area contributed by atoms with Crippen molar-refractivity contribution in [1.29, 1.82) is 0 Å². The molecule has 0 aliphatic carbocycles. The van der Waals surface area contributed by atoms with Crippen LogP contribution in [-0.4, -0.2) is 17.0 Å². The minimum atomic E-state index is -3.02. The number of ether oxygens (including phenoxy) is 1. The summed E-state index contributed by atoms with van der Waals surface area (Å²) >= 11 is 3.03. The van der Waals surface area contributed by atoms with E-state index in [-0.39, 0.29) is 16.8 Å². The van der Waals surface area contributed by atoms with Gasteiger partial charge >= 0.3 is 5.69 Å². The molecule has 0 bridgehead atoms. The summed E-state index contributed by atoms with van der Waals surface area (Å²) in [6.45, 7) is 0. The lowest BCUT2D eigenvalue weighted by Crippen LogP contribution is -2.04. The van der Waals surface area contributed by atoms with E-state index in [9.17, 15) is 18.9 Å². The van der Waals surface area contributed by atoms with Crippen LogP contribution in [0.3, 0.4) is 0 Å². The van der Waals surface area contributed by atoms with Crippen LogP contribution in [0, 0.1) is 10.1 Å². The maximum atomic E-state index is 12.6. The fraction of sp³-hybridized carbons (Fsp3) is 0.375. The van der Waals surface area contributed by atoms with Gasteiger partial charge in [-0.05, 0) is 0 Å². The molecule has 0 saturated heterocycles. The number of halogens is 3. The van der Waals surface area contributed by atoms with Gasteiger partial charge < -0.3 is 4.74 Å². The average Bonchev–Trinajstić information content (AvgIpc) is 2.26. The number of rotatable bonds is 4. The molecule has 1 heterocycles. The Labute approximate surface area is 97.7 Å². The van der Waals surface area contributed by atoms with E-state index in [0.717, 1.165) is 0 Å². The Bertz CT molecular complexity index is 415. The highest BCUT2D eigenvalue weighted by Gasteiger charge is 2.29. The maximum absolute atomic E-state index is 12.6. The summed E-state index contributed by atoms with van der Waals surface area (Å²) in [4.78, 5) is 13.2. The van der Waals surface area contributed by atoms with Gasteiger partial charge in [0.15, 0.2) is 5.69 Å². The molecule has 0 N–H and O–H groups in total. The fourth-order valence-electron chi connectivity index (χ4n) is 1.15. The van der Waals surface area contributed by atoms with Crippen molar-refractivity contribution in [3.8, 4) is 5.75 Å². The minimum Gasteiger partial charge on any atom is -0.490 e. The predicted molar refractivity (Wildman–Crippen MR) is 55.0 cm³/mol. The third kappa shape index (κ3) is 2.43. The molecule has 16 heavy (non-hydrogen) atoms. The van der Waals surface area contributed by atoms with E-state index in [4.69, 9.17) is 4.74 Å². The molecule has 0 fully saturated rings. The third-order valence-electron chi connectivity index (χ3n) is 1.78. The van der Waals surface area contributed by atoms with Crippen molar-refractivity contribution < 1.29 is 18.4 Å². The van der Waals surface area contributed by atoms with Gasteiger partial charge in [0.1, 0.15) is 0 Å². The Hall–Kier alpha value is -1.31. The average molecular weight is 297 g/mol. The summed E-state index contributed by atoms with van der Waals surface area (Å²) in [6, 6.07) is 1.25. The second kappa shape index (κ2) is 5.15. The highest BCUT2D eigenvalue weighted by molar-refractivity contribution is 9.08. The molecule has 0 aromatic carbocycles. The van der Waals surface area contributed by atoms with Crippen LogP contribution in [0.25, 0.3) is 0 Å². The van der Waals surface area contributed by atoms with Crippen molar-refractivity contribution in [2.45, 2.75) is 11.8 Å². The van der Waals surface area contributed by atoms with Crippen LogP contribution in [-0.2, 0) is 5.33 Å². The molecule has 0 aliphatic rings. The van der Waals surface area contributed by atoms with Crippen molar-refractivity contribution in [2.24, 2.45) is 0 Å². The van der Waals surface area contributed by atoms with Crippen LogP contribution in [0.1, 0.15) is 17.8 Å². The first-order valence-corrected chi connectivity index (χ1v) is 5.19. The Balaban J connectivity index is 3.47. The van der Waals surface area contributed by atoms with E-state index in [0.29, 0.717) is 0 Å². The van der Waals surface area contributed by atoms with E-state index < -0.39 is 22.7 Å². The van der Waals surface area contributed by atoms with E-state index >= 15 is 0 Å². The fourth-order valence-corrected chi connectivity index (χ4v) is 1.43. The van der Waals surface area contributed by atoms with Crippen LogP contribution in [0.4, 0.5) is 14.5 Å². The number of methoxy groups -OCH3 is 1. The Morgan fingerprint density at radius 3 is 2.69 bits per heavy atom. The lowest BCUT2D eigenvalue weighted by atomic mass is 10.2. The van der Waals surface area contributed by atoms with Gasteiger partial charge in [-0.3, -0.25) is 10.1 Å². The van der Waals surface area contributed by atoms with Crippen molar-refractivity contribution >= 4 is 21.6 Å². The summed E-state index contributed by atoms with van der Waals surface area (Å²) in [6.07, 6.45) is -3.02. The van der Waals surface area contributed by atoms with Crippen LogP contribution in [0.2, 0.25) is 0 Å². The highest BCUT2D eigenvalue weighted by atomic mass is 79.9. The molecule has 0 atom stereocenters. The first-order chi connectivity index (χ1) is 7.51. The minimum absolute atomic E-state index is 0.209. The lowest BCUT2D eigenvalue weighted by Gasteiger charge is -2.07. The topological polar surface area (TPSA) is 65.3 Å². The predicted octanol–water partition coefficient (Wildman–Crippen LogP) is 2.83. The van der Waals surface area contributed by atoms with Gasteiger partial charge in [-0.1, -0.05) is 15.9 Å². The molecule has 0 unspecified atom stereocenters. The highest BCUT2D eigenvalue weighted by Crippen LogP contribution is 2.36. The number of aromatic nitrogens is 1. The molecule has 5 nitrogen and oxygen atoms in total. The summed E-state index contributed by atoms with van der Waals surface area (Å²) in [5.74, 6) is -0.218. The van der Waals surface area contributed by atoms with Crippen LogP contribution in [0.5, 0.6) is 5.75 Å². The zero-order chi connectivity index (χ0) is 12.3. The van der Waals surface area contributed by atoms with E-state index in [2.05, 4.69) is 20.9 Å². The number of hydrogen-bond acceptors (Lipinski definition) is 4. The summed E-state index contributed by atoms with van der Waals surface area (Å²) in [7, 11) is 1.18. The molecule has 0 aliphatic heterocycles. The molecule has 0 radical (unpaired) electrons. The number of alkyl halides is 3. The second-order valence-electron chi connectivity index (χ2n) is 2.74. The Kier molecular flexibility index (Phi) is 4.11. The molecule has 8 heteroatoms. The molecular weight excluding hydrogens is 290 g/mol. The van der Waals surface area contributed by atoms with Gasteiger partial charge in [-0.25, -0.2) is 13.8 Å². The number of hydrogen-bond donors (Lipinski definition) is 0. The van der Waals surface area contributed by atoms with Gasteiger partial charge in [-0.15, -0.1) is 0 Å². The SMILES string of the molecule is COc1cc(CBr)nc(C(F)F)c1[N+](=O)[O-]. The van der Waals surface area contributed by atoms with Crippen molar-refractivity contribution in [3.63, 3.8) is 0 Å². The van der Waals surface area contributed by atoms with E-state index in [1.807, 2.05) is 0 Å². The van der Waals surface area contributed by atoms with E-state index in [1.54, 1.807) is 0 Å². The van der Waals surface area contributed by atoms with Gasteiger partial charge in [0.05, 0.1) is 17.7 Å². The summed E-state index contributed by atoms with van der Waals surface area (Å²) < 4.78 is 29.9. The van der Waals surface area contributed by atoms with Crippen molar-refractivity contribution in [1.82, 2.24) is 4.98 Å². The lowest BCUT2D eigenvalue weighted by molar-refractivity contribution is -0.387. The number of nitrogens with zero attached hydrogens (tertiary/aromatic N) is 2. The molecule has 1 aromatic heterocycles. The number of pyridine rings is 1. The normalized spacial score (nSPS) is 10.6. The Morgan fingerprint density at radius 1 is 1.69 bits per heavy atom. The van der Waals surface area contributed by atoms with Crippen molar-refractivity contribution in [2.75, 3.05) is 7.11 Å². The second-order valence-corrected chi connectivity index (χ2v) is 3.30. The smallest absolute Gasteiger partial charge is 0.338 e. The standard InChI is InChI=1S/C8H7BrF2N2O3/c1-16-5-2-4(3-9)12-6(8(10)11)7(5)13(14)15/h2,8H,3H2,1H3. The Morgan fingerprint density at radius 2 is 2.31 bits per heavy atom.